The number of nitrogen functional groups attached to an aromatic ring is 1. The van der Waals surface area contributed by atoms with E-state index in [1.54, 1.807) is 56.5 Å². The monoisotopic (exact) mass is 316 g/mol. The van der Waals surface area contributed by atoms with Gasteiger partial charge in [0, 0.05) is 5.69 Å². The number of carbonyl (C=O) groups is 1. The van der Waals surface area contributed by atoms with Crippen LogP contribution >= 0.6 is 0 Å². The zero-order chi connectivity index (χ0) is 16.8. The summed E-state index contributed by atoms with van der Waals surface area (Å²) in [5.41, 5.74) is 6.77. The number of benzene rings is 2. The lowest BCUT2D eigenvalue weighted by atomic mass is 10.2. The van der Waals surface area contributed by atoms with E-state index < -0.39 is 6.10 Å². The highest BCUT2D eigenvalue weighted by Crippen LogP contribution is 2.27. The predicted octanol–water partition coefficient (Wildman–Crippen LogP) is 2.69. The summed E-state index contributed by atoms with van der Waals surface area (Å²) in [6.07, 6.45) is -0.686. The predicted molar refractivity (Wildman–Crippen MR) is 89.1 cm³/mol. The smallest absolute Gasteiger partial charge is 0.265 e. The highest BCUT2D eigenvalue weighted by molar-refractivity contribution is 5.95. The minimum absolute atomic E-state index is 0.301. The van der Waals surface area contributed by atoms with Gasteiger partial charge in [0.1, 0.15) is 17.2 Å². The normalized spacial score (nSPS) is 11.4. The van der Waals surface area contributed by atoms with Crippen LogP contribution in [0.3, 0.4) is 0 Å². The number of methoxy groups -OCH3 is 2. The van der Waals surface area contributed by atoms with Crippen molar-refractivity contribution in [3.8, 4) is 17.2 Å². The second-order valence-corrected chi connectivity index (χ2v) is 4.88. The first-order chi connectivity index (χ1) is 11.0. The van der Waals surface area contributed by atoms with E-state index in [1.165, 1.54) is 7.11 Å². The molecule has 6 heteroatoms. The summed E-state index contributed by atoms with van der Waals surface area (Å²) in [4.78, 5) is 12.3. The van der Waals surface area contributed by atoms with Crippen LogP contribution < -0.4 is 25.3 Å². The van der Waals surface area contributed by atoms with Gasteiger partial charge >= 0.3 is 0 Å². The number of rotatable bonds is 6. The van der Waals surface area contributed by atoms with E-state index in [1.807, 2.05) is 0 Å². The molecule has 0 spiro atoms. The minimum Gasteiger partial charge on any atom is -0.497 e. The maximum Gasteiger partial charge on any atom is 0.265 e. The maximum atomic E-state index is 12.3. The molecule has 1 atom stereocenters. The summed E-state index contributed by atoms with van der Waals surface area (Å²) in [7, 11) is 3.11. The molecule has 0 fully saturated rings. The van der Waals surface area contributed by atoms with Crippen LogP contribution in [0.15, 0.2) is 42.5 Å². The summed E-state index contributed by atoms with van der Waals surface area (Å²) >= 11 is 0. The molecule has 2 aromatic rings. The number of anilines is 2. The van der Waals surface area contributed by atoms with Crippen molar-refractivity contribution in [2.45, 2.75) is 13.0 Å². The standard InChI is InChI=1S/C17H20N2O4/c1-11(23-14-7-5-13(21-2)6-8-14)17(20)19-15-10-12(18)4-9-16(15)22-3/h4-11H,18H2,1-3H3,(H,19,20)/t11-/m1/s1. The molecule has 0 heterocycles. The highest BCUT2D eigenvalue weighted by Gasteiger charge is 2.17. The molecule has 0 saturated heterocycles. The van der Waals surface area contributed by atoms with Gasteiger partial charge in [0.05, 0.1) is 19.9 Å². The molecule has 0 unspecified atom stereocenters. The summed E-state index contributed by atoms with van der Waals surface area (Å²) in [6.45, 7) is 1.67. The van der Waals surface area contributed by atoms with Crippen LogP contribution in [0, 0.1) is 0 Å². The van der Waals surface area contributed by atoms with E-state index in [4.69, 9.17) is 19.9 Å². The van der Waals surface area contributed by atoms with Gasteiger partial charge in [-0.2, -0.15) is 0 Å². The molecule has 122 valence electrons. The summed E-state index contributed by atoms with van der Waals surface area (Å²) in [5, 5.41) is 2.75. The number of hydrogen-bond acceptors (Lipinski definition) is 5. The molecular formula is C17H20N2O4. The fourth-order valence-corrected chi connectivity index (χ4v) is 1.97. The van der Waals surface area contributed by atoms with Crippen molar-refractivity contribution in [3.63, 3.8) is 0 Å². The van der Waals surface area contributed by atoms with E-state index in [2.05, 4.69) is 5.32 Å². The SMILES string of the molecule is COc1ccc(O[C@H](C)C(=O)Nc2cc(N)ccc2OC)cc1. The number of hydrogen-bond donors (Lipinski definition) is 2. The van der Waals surface area contributed by atoms with Crippen LogP contribution in [0.2, 0.25) is 0 Å². The van der Waals surface area contributed by atoms with Gasteiger partial charge in [-0.15, -0.1) is 0 Å². The third kappa shape index (κ3) is 4.29. The van der Waals surface area contributed by atoms with Crippen molar-refractivity contribution in [2.75, 3.05) is 25.3 Å². The van der Waals surface area contributed by atoms with Crippen LogP contribution in [0.5, 0.6) is 17.2 Å². The van der Waals surface area contributed by atoms with E-state index in [0.29, 0.717) is 22.9 Å². The first kappa shape index (κ1) is 16.5. The van der Waals surface area contributed by atoms with Crippen LogP contribution in [0.1, 0.15) is 6.92 Å². The zero-order valence-corrected chi connectivity index (χ0v) is 13.3. The first-order valence-corrected chi connectivity index (χ1v) is 7.08. The van der Waals surface area contributed by atoms with Gasteiger partial charge in [0.2, 0.25) is 0 Å². The van der Waals surface area contributed by atoms with Crippen molar-refractivity contribution in [2.24, 2.45) is 0 Å². The van der Waals surface area contributed by atoms with Gasteiger partial charge in [-0.25, -0.2) is 0 Å². The van der Waals surface area contributed by atoms with Gasteiger partial charge in [-0.3, -0.25) is 4.79 Å². The Labute approximate surface area is 135 Å². The summed E-state index contributed by atoms with van der Waals surface area (Å²) < 4.78 is 15.9. The Morgan fingerprint density at radius 3 is 2.30 bits per heavy atom. The van der Waals surface area contributed by atoms with Crippen molar-refractivity contribution in [1.29, 1.82) is 0 Å². The quantitative estimate of drug-likeness (QED) is 0.801. The molecule has 23 heavy (non-hydrogen) atoms. The Balaban J connectivity index is 2.03. The number of carbonyl (C=O) groups excluding carboxylic acids is 1. The maximum absolute atomic E-state index is 12.3. The molecule has 0 aromatic heterocycles. The van der Waals surface area contributed by atoms with Gasteiger partial charge in [0.25, 0.3) is 5.91 Å². The van der Waals surface area contributed by atoms with Crippen LogP contribution in [-0.2, 0) is 4.79 Å². The molecule has 0 aliphatic rings. The number of nitrogens with one attached hydrogen (secondary N) is 1. The molecule has 0 saturated carbocycles. The molecule has 1 amide bonds. The summed E-state index contributed by atoms with van der Waals surface area (Å²) in [5.74, 6) is 1.53. The molecule has 0 aliphatic carbocycles. The first-order valence-electron chi connectivity index (χ1n) is 7.08. The Morgan fingerprint density at radius 2 is 1.70 bits per heavy atom. The van der Waals surface area contributed by atoms with Gasteiger partial charge in [0.15, 0.2) is 6.10 Å². The average molecular weight is 316 g/mol. The molecule has 0 bridgehead atoms. The Hall–Kier alpha value is -2.89. The van der Waals surface area contributed by atoms with Crippen molar-refractivity contribution < 1.29 is 19.0 Å². The van der Waals surface area contributed by atoms with Crippen molar-refractivity contribution >= 4 is 17.3 Å². The Kier molecular flexibility index (Phi) is 5.30. The minimum atomic E-state index is -0.686. The van der Waals surface area contributed by atoms with Crippen LogP contribution in [0.25, 0.3) is 0 Å². The molecule has 2 aromatic carbocycles. The lowest BCUT2D eigenvalue weighted by Crippen LogP contribution is -2.30. The molecule has 0 radical (unpaired) electrons. The summed E-state index contributed by atoms with van der Waals surface area (Å²) in [6, 6.07) is 12.0. The number of amides is 1. The molecule has 6 nitrogen and oxygen atoms in total. The second kappa shape index (κ2) is 7.40. The third-order valence-corrected chi connectivity index (χ3v) is 3.22. The third-order valence-electron chi connectivity index (χ3n) is 3.22. The average Bonchev–Trinajstić information content (AvgIpc) is 2.55. The lowest BCUT2D eigenvalue weighted by Gasteiger charge is -2.16. The van der Waals surface area contributed by atoms with E-state index in [-0.39, 0.29) is 5.91 Å². The second-order valence-electron chi connectivity index (χ2n) is 4.88. The molecule has 3 N–H and O–H groups in total. The molecule has 2 rings (SSSR count). The van der Waals surface area contributed by atoms with Crippen LogP contribution in [0.4, 0.5) is 11.4 Å². The van der Waals surface area contributed by atoms with E-state index in [9.17, 15) is 4.79 Å². The zero-order valence-electron chi connectivity index (χ0n) is 13.3. The van der Waals surface area contributed by atoms with Gasteiger partial charge < -0.3 is 25.3 Å². The van der Waals surface area contributed by atoms with E-state index >= 15 is 0 Å². The fourth-order valence-electron chi connectivity index (χ4n) is 1.97. The fraction of sp³-hybridized carbons (Fsp3) is 0.235. The molecular weight excluding hydrogens is 296 g/mol. The Bertz CT molecular complexity index is 671. The molecule has 0 aliphatic heterocycles. The largest absolute Gasteiger partial charge is 0.497 e. The van der Waals surface area contributed by atoms with E-state index in [0.717, 1.165) is 5.75 Å². The number of nitrogens with two attached hydrogens (primary N) is 1. The number of ether oxygens (including phenoxy) is 3. The van der Waals surface area contributed by atoms with Crippen molar-refractivity contribution in [1.82, 2.24) is 0 Å². The van der Waals surface area contributed by atoms with Gasteiger partial charge in [-0.05, 0) is 49.4 Å². The highest BCUT2D eigenvalue weighted by atomic mass is 16.5. The van der Waals surface area contributed by atoms with Crippen molar-refractivity contribution in [3.05, 3.63) is 42.5 Å². The van der Waals surface area contributed by atoms with Crippen LogP contribution in [-0.4, -0.2) is 26.2 Å². The lowest BCUT2D eigenvalue weighted by molar-refractivity contribution is -0.122. The topological polar surface area (TPSA) is 82.8 Å². The van der Waals surface area contributed by atoms with Gasteiger partial charge in [-0.1, -0.05) is 0 Å². The Morgan fingerprint density at radius 1 is 1.04 bits per heavy atom.